The van der Waals surface area contributed by atoms with Gasteiger partial charge in [0, 0.05) is 12.2 Å². The molecule has 0 aliphatic rings. The number of anilines is 1. The molecular weight excluding hydrogens is 285 g/mol. The molecule has 0 radical (unpaired) electrons. The van der Waals surface area contributed by atoms with Gasteiger partial charge >= 0.3 is 12.1 Å². The standard InChI is InChI=1S/C14H15F3N2O2/c1-9(13(20)21)3-2-6-19-11-4-5-12(14(15,16)17)10(7-11)8-18/h4-5,7,9,19H,2-3,6H2,1H3,(H,20,21). The van der Waals surface area contributed by atoms with Crippen molar-refractivity contribution in [3.05, 3.63) is 29.3 Å². The van der Waals surface area contributed by atoms with Crippen LogP contribution in [0, 0.1) is 17.2 Å². The van der Waals surface area contributed by atoms with Gasteiger partial charge in [-0.3, -0.25) is 4.79 Å². The molecule has 0 bridgehead atoms. The highest BCUT2D eigenvalue weighted by molar-refractivity contribution is 5.69. The molecule has 1 aromatic carbocycles. The van der Waals surface area contributed by atoms with Crippen LogP contribution in [0.3, 0.4) is 0 Å². The number of nitriles is 1. The number of aliphatic carboxylic acids is 1. The van der Waals surface area contributed by atoms with E-state index in [0.29, 0.717) is 25.1 Å². The van der Waals surface area contributed by atoms with E-state index in [1.807, 2.05) is 0 Å². The van der Waals surface area contributed by atoms with E-state index in [4.69, 9.17) is 10.4 Å². The van der Waals surface area contributed by atoms with Gasteiger partial charge in [-0.25, -0.2) is 0 Å². The lowest BCUT2D eigenvalue weighted by Crippen LogP contribution is -2.12. The molecule has 4 nitrogen and oxygen atoms in total. The largest absolute Gasteiger partial charge is 0.481 e. The van der Waals surface area contributed by atoms with Gasteiger partial charge in [-0.1, -0.05) is 6.92 Å². The minimum atomic E-state index is -4.56. The van der Waals surface area contributed by atoms with Crippen molar-refractivity contribution in [1.82, 2.24) is 0 Å². The zero-order valence-electron chi connectivity index (χ0n) is 11.4. The molecular formula is C14H15F3N2O2. The number of hydrogen-bond donors (Lipinski definition) is 2. The fourth-order valence-electron chi connectivity index (χ4n) is 1.76. The second-order valence-electron chi connectivity index (χ2n) is 4.68. The van der Waals surface area contributed by atoms with Gasteiger partial charge in [0.05, 0.1) is 23.1 Å². The van der Waals surface area contributed by atoms with Crippen molar-refractivity contribution in [2.24, 2.45) is 5.92 Å². The summed E-state index contributed by atoms with van der Waals surface area (Å²) in [6, 6.07) is 4.79. The van der Waals surface area contributed by atoms with Gasteiger partial charge in [-0.15, -0.1) is 0 Å². The molecule has 21 heavy (non-hydrogen) atoms. The van der Waals surface area contributed by atoms with Crippen LogP contribution in [-0.4, -0.2) is 17.6 Å². The Morgan fingerprint density at radius 2 is 2.14 bits per heavy atom. The number of carbonyl (C=O) groups is 1. The second-order valence-corrected chi connectivity index (χ2v) is 4.68. The number of alkyl halides is 3. The first-order chi connectivity index (χ1) is 9.75. The van der Waals surface area contributed by atoms with Crippen LogP contribution in [0.25, 0.3) is 0 Å². The summed E-state index contributed by atoms with van der Waals surface area (Å²) in [6.07, 6.45) is -3.52. The minimum Gasteiger partial charge on any atom is -0.481 e. The summed E-state index contributed by atoms with van der Waals surface area (Å²) in [6.45, 7) is 2.02. The van der Waals surface area contributed by atoms with Crippen LogP contribution in [0.5, 0.6) is 0 Å². The maximum Gasteiger partial charge on any atom is 0.417 e. The molecule has 0 fully saturated rings. The zero-order chi connectivity index (χ0) is 16.0. The second kappa shape index (κ2) is 6.97. The van der Waals surface area contributed by atoms with E-state index in [1.54, 1.807) is 6.92 Å². The van der Waals surface area contributed by atoms with Crippen molar-refractivity contribution >= 4 is 11.7 Å². The van der Waals surface area contributed by atoms with Gasteiger partial charge in [0.25, 0.3) is 0 Å². The molecule has 0 aliphatic heterocycles. The third-order valence-electron chi connectivity index (χ3n) is 3.01. The predicted octanol–water partition coefficient (Wildman–Crippen LogP) is 3.49. The highest BCUT2D eigenvalue weighted by Gasteiger charge is 2.33. The molecule has 1 unspecified atom stereocenters. The fourth-order valence-corrected chi connectivity index (χ4v) is 1.76. The van der Waals surface area contributed by atoms with E-state index < -0.39 is 29.2 Å². The van der Waals surface area contributed by atoms with E-state index in [0.717, 1.165) is 12.1 Å². The third kappa shape index (κ3) is 4.99. The van der Waals surface area contributed by atoms with Gasteiger partial charge in [-0.2, -0.15) is 18.4 Å². The van der Waals surface area contributed by atoms with Crippen molar-refractivity contribution in [2.45, 2.75) is 25.9 Å². The predicted molar refractivity (Wildman–Crippen MR) is 70.7 cm³/mol. The summed E-state index contributed by atoms with van der Waals surface area (Å²) < 4.78 is 37.8. The van der Waals surface area contributed by atoms with E-state index in [1.165, 1.54) is 12.1 Å². The lowest BCUT2D eigenvalue weighted by Gasteiger charge is -2.12. The Morgan fingerprint density at radius 1 is 1.48 bits per heavy atom. The van der Waals surface area contributed by atoms with Crippen LogP contribution in [-0.2, 0) is 11.0 Å². The summed E-state index contributed by atoms with van der Waals surface area (Å²) in [4.78, 5) is 10.6. The average Bonchev–Trinajstić information content (AvgIpc) is 2.41. The maximum atomic E-state index is 12.6. The lowest BCUT2D eigenvalue weighted by molar-refractivity contribution is -0.141. The molecule has 1 rings (SSSR count). The Bertz CT molecular complexity index is 550. The van der Waals surface area contributed by atoms with Gasteiger partial charge in [0.2, 0.25) is 0 Å². The SMILES string of the molecule is CC(CCCNc1ccc(C(F)(F)F)c(C#N)c1)C(=O)O. The number of carboxylic acids is 1. The Kier molecular flexibility index (Phi) is 5.59. The van der Waals surface area contributed by atoms with Gasteiger partial charge < -0.3 is 10.4 Å². The van der Waals surface area contributed by atoms with Crippen LogP contribution in [0.2, 0.25) is 0 Å². The Morgan fingerprint density at radius 3 is 2.67 bits per heavy atom. The van der Waals surface area contributed by atoms with E-state index in [9.17, 15) is 18.0 Å². The highest BCUT2D eigenvalue weighted by Crippen LogP contribution is 2.32. The van der Waals surface area contributed by atoms with E-state index in [-0.39, 0.29) is 0 Å². The number of hydrogen-bond acceptors (Lipinski definition) is 3. The summed E-state index contributed by atoms with van der Waals surface area (Å²) in [5.74, 6) is -1.34. The zero-order valence-corrected chi connectivity index (χ0v) is 11.4. The molecule has 0 saturated heterocycles. The van der Waals surface area contributed by atoms with E-state index >= 15 is 0 Å². The molecule has 0 spiro atoms. The number of rotatable bonds is 6. The van der Waals surface area contributed by atoms with Crippen LogP contribution >= 0.6 is 0 Å². The van der Waals surface area contributed by atoms with Crippen LogP contribution < -0.4 is 5.32 Å². The lowest BCUT2D eigenvalue weighted by atomic mass is 10.1. The van der Waals surface area contributed by atoms with Crippen LogP contribution in [0.4, 0.5) is 18.9 Å². The van der Waals surface area contributed by atoms with Crippen molar-refractivity contribution in [1.29, 1.82) is 5.26 Å². The van der Waals surface area contributed by atoms with Gasteiger partial charge in [0.1, 0.15) is 0 Å². The first-order valence-corrected chi connectivity index (χ1v) is 6.33. The smallest absolute Gasteiger partial charge is 0.417 e. The summed E-state index contributed by atoms with van der Waals surface area (Å²) in [7, 11) is 0. The number of carboxylic acid groups (broad SMARTS) is 1. The molecule has 0 aromatic heterocycles. The summed E-state index contributed by atoms with van der Waals surface area (Å²) in [5.41, 5.74) is -0.996. The van der Waals surface area contributed by atoms with Crippen molar-refractivity contribution in [3.8, 4) is 6.07 Å². The molecule has 0 heterocycles. The molecule has 0 amide bonds. The molecule has 1 aromatic rings. The monoisotopic (exact) mass is 300 g/mol. The van der Waals surface area contributed by atoms with Crippen LogP contribution in [0.1, 0.15) is 30.9 Å². The molecule has 114 valence electrons. The summed E-state index contributed by atoms with van der Waals surface area (Å²) in [5, 5.41) is 20.4. The summed E-state index contributed by atoms with van der Waals surface area (Å²) >= 11 is 0. The Hall–Kier alpha value is -2.23. The van der Waals surface area contributed by atoms with E-state index in [2.05, 4.69) is 5.32 Å². The first-order valence-electron chi connectivity index (χ1n) is 6.33. The topological polar surface area (TPSA) is 73.1 Å². The van der Waals surface area contributed by atoms with Crippen LogP contribution in [0.15, 0.2) is 18.2 Å². The Labute approximate surface area is 120 Å². The molecule has 2 N–H and O–H groups in total. The number of nitrogens with zero attached hydrogens (tertiary/aromatic N) is 1. The van der Waals surface area contributed by atoms with Crippen molar-refractivity contribution in [2.75, 3.05) is 11.9 Å². The number of halogens is 3. The normalized spacial score (nSPS) is 12.5. The number of benzene rings is 1. The quantitative estimate of drug-likeness (QED) is 0.789. The van der Waals surface area contributed by atoms with Gasteiger partial charge in [0.15, 0.2) is 0 Å². The number of nitrogens with one attached hydrogen (secondary N) is 1. The Balaban J connectivity index is 2.62. The van der Waals surface area contributed by atoms with Crippen molar-refractivity contribution in [3.63, 3.8) is 0 Å². The fraction of sp³-hybridized carbons (Fsp3) is 0.429. The molecule has 0 saturated carbocycles. The molecule has 7 heteroatoms. The average molecular weight is 300 g/mol. The first kappa shape index (κ1) is 16.8. The molecule has 0 aliphatic carbocycles. The minimum absolute atomic E-state index is 0.405. The maximum absolute atomic E-state index is 12.6. The highest BCUT2D eigenvalue weighted by atomic mass is 19.4. The molecule has 1 atom stereocenters. The van der Waals surface area contributed by atoms with Crippen molar-refractivity contribution < 1.29 is 23.1 Å². The third-order valence-corrected chi connectivity index (χ3v) is 3.01. The van der Waals surface area contributed by atoms with Gasteiger partial charge in [-0.05, 0) is 31.0 Å².